The van der Waals surface area contributed by atoms with Crippen LogP contribution in [0.3, 0.4) is 0 Å². The van der Waals surface area contributed by atoms with E-state index in [-0.39, 0.29) is 5.69 Å². The molecule has 3 heterocycles. The highest BCUT2D eigenvalue weighted by Gasteiger charge is 2.19. The van der Waals surface area contributed by atoms with Crippen molar-refractivity contribution in [1.82, 2.24) is 24.7 Å². The van der Waals surface area contributed by atoms with Gasteiger partial charge in [-0.05, 0) is 54.6 Å². The summed E-state index contributed by atoms with van der Waals surface area (Å²) < 4.78 is 1.97. The lowest BCUT2D eigenvalue weighted by Crippen LogP contribution is -2.02. The fourth-order valence-corrected chi connectivity index (χ4v) is 3.67. The number of pyridine rings is 2. The summed E-state index contributed by atoms with van der Waals surface area (Å²) in [6.07, 6.45) is 3.47. The number of nitriles is 1. The summed E-state index contributed by atoms with van der Waals surface area (Å²) in [5.74, 6) is 0.680. The number of nitrogens with zero attached hydrogens (tertiary/aromatic N) is 6. The first kappa shape index (κ1) is 18.2. The van der Waals surface area contributed by atoms with Gasteiger partial charge in [0.15, 0.2) is 11.5 Å². The van der Waals surface area contributed by atoms with Gasteiger partial charge in [-0.25, -0.2) is 4.98 Å². The van der Waals surface area contributed by atoms with E-state index in [9.17, 15) is 5.26 Å². The SMILES string of the molecule is Cc1ccccc1-n1c(Sc2ccc(Cl)c(C#N)n2)nnc1-c1cccnc1. The molecule has 1 aromatic carbocycles. The summed E-state index contributed by atoms with van der Waals surface area (Å²) in [6.45, 7) is 2.03. The lowest BCUT2D eigenvalue weighted by atomic mass is 10.2. The fourth-order valence-electron chi connectivity index (χ4n) is 2.70. The van der Waals surface area contributed by atoms with Crippen LogP contribution in [-0.4, -0.2) is 24.7 Å². The van der Waals surface area contributed by atoms with Gasteiger partial charge in [0.2, 0.25) is 5.16 Å². The predicted octanol–water partition coefficient (Wildman–Crippen LogP) is 4.71. The van der Waals surface area contributed by atoms with Gasteiger partial charge in [-0.1, -0.05) is 29.8 Å². The molecular formula is C20H13ClN6S. The van der Waals surface area contributed by atoms with Crippen molar-refractivity contribution in [2.24, 2.45) is 0 Å². The van der Waals surface area contributed by atoms with Crippen molar-refractivity contribution in [3.05, 3.63) is 77.2 Å². The molecule has 0 aliphatic heterocycles. The average Bonchev–Trinajstić information content (AvgIpc) is 3.13. The van der Waals surface area contributed by atoms with Gasteiger partial charge in [-0.15, -0.1) is 10.2 Å². The minimum Gasteiger partial charge on any atom is -0.269 e. The molecule has 0 fully saturated rings. The molecule has 0 amide bonds. The zero-order chi connectivity index (χ0) is 19.5. The highest BCUT2D eigenvalue weighted by molar-refractivity contribution is 7.99. The molecule has 136 valence electrons. The molecule has 0 N–H and O–H groups in total. The van der Waals surface area contributed by atoms with Crippen LogP contribution in [0.4, 0.5) is 0 Å². The standard InChI is InChI=1S/C20H13ClN6S/c1-13-5-2-3-7-17(13)27-19(14-6-4-10-23-12-14)25-26-20(27)28-18-9-8-15(21)16(11-22)24-18/h2-10,12H,1H3. The van der Waals surface area contributed by atoms with Crippen LogP contribution in [-0.2, 0) is 0 Å². The molecule has 0 saturated heterocycles. The molecule has 0 atom stereocenters. The zero-order valence-corrected chi connectivity index (χ0v) is 16.3. The molecule has 4 aromatic rings. The summed E-state index contributed by atoms with van der Waals surface area (Å²) in [6, 6.07) is 17.2. The van der Waals surface area contributed by atoms with Gasteiger partial charge >= 0.3 is 0 Å². The predicted molar refractivity (Wildman–Crippen MR) is 107 cm³/mol. The van der Waals surface area contributed by atoms with Gasteiger partial charge < -0.3 is 0 Å². The third-order valence-corrected chi connectivity index (χ3v) is 5.22. The lowest BCUT2D eigenvalue weighted by molar-refractivity contribution is 0.877. The maximum Gasteiger partial charge on any atom is 0.202 e. The monoisotopic (exact) mass is 404 g/mol. The van der Waals surface area contributed by atoms with E-state index in [1.807, 2.05) is 54.0 Å². The van der Waals surface area contributed by atoms with Crippen LogP contribution in [0.1, 0.15) is 11.3 Å². The Morgan fingerprint density at radius 3 is 2.68 bits per heavy atom. The Bertz CT molecular complexity index is 1180. The number of benzene rings is 1. The van der Waals surface area contributed by atoms with Crippen LogP contribution >= 0.6 is 23.4 Å². The third-order valence-electron chi connectivity index (χ3n) is 4.03. The van der Waals surface area contributed by atoms with Crippen molar-refractivity contribution in [1.29, 1.82) is 5.26 Å². The van der Waals surface area contributed by atoms with Crippen LogP contribution in [0.2, 0.25) is 5.02 Å². The first-order valence-corrected chi connectivity index (χ1v) is 9.53. The topological polar surface area (TPSA) is 80.3 Å². The summed E-state index contributed by atoms with van der Waals surface area (Å²) in [7, 11) is 0. The van der Waals surface area contributed by atoms with Crippen molar-refractivity contribution in [2.45, 2.75) is 17.1 Å². The molecule has 0 saturated carbocycles. The molecular weight excluding hydrogens is 392 g/mol. The summed E-state index contributed by atoms with van der Waals surface area (Å²) in [4.78, 5) is 8.49. The first-order chi connectivity index (χ1) is 13.7. The number of aryl methyl sites for hydroxylation is 1. The van der Waals surface area contributed by atoms with Gasteiger partial charge in [0.1, 0.15) is 11.1 Å². The largest absolute Gasteiger partial charge is 0.269 e. The molecule has 0 aliphatic carbocycles. The quantitative estimate of drug-likeness (QED) is 0.490. The molecule has 28 heavy (non-hydrogen) atoms. The summed E-state index contributed by atoms with van der Waals surface area (Å²) >= 11 is 7.32. The van der Waals surface area contributed by atoms with Crippen molar-refractivity contribution >= 4 is 23.4 Å². The van der Waals surface area contributed by atoms with Crippen LogP contribution < -0.4 is 0 Å². The average molecular weight is 405 g/mol. The molecule has 0 aliphatic rings. The van der Waals surface area contributed by atoms with Crippen molar-refractivity contribution in [3.63, 3.8) is 0 Å². The second-order valence-corrected chi connectivity index (χ2v) is 7.26. The number of halogens is 1. The van der Waals surface area contributed by atoms with Gasteiger partial charge in [-0.3, -0.25) is 9.55 Å². The van der Waals surface area contributed by atoms with E-state index < -0.39 is 0 Å². The minimum atomic E-state index is 0.182. The Morgan fingerprint density at radius 2 is 1.93 bits per heavy atom. The van der Waals surface area contributed by atoms with Crippen molar-refractivity contribution in [2.75, 3.05) is 0 Å². The number of rotatable bonds is 4. The Kier molecular flexibility index (Phi) is 5.06. The maximum atomic E-state index is 9.18. The number of hydrogen-bond donors (Lipinski definition) is 0. The van der Waals surface area contributed by atoms with Gasteiger partial charge in [0.25, 0.3) is 0 Å². The van der Waals surface area contributed by atoms with Crippen molar-refractivity contribution < 1.29 is 0 Å². The Hall–Kier alpha value is -3.21. The molecule has 3 aromatic heterocycles. The number of aromatic nitrogens is 5. The lowest BCUT2D eigenvalue weighted by Gasteiger charge is -2.12. The van der Waals surface area contributed by atoms with E-state index in [2.05, 4.69) is 20.2 Å². The van der Waals surface area contributed by atoms with Crippen molar-refractivity contribution in [3.8, 4) is 23.1 Å². The van der Waals surface area contributed by atoms with E-state index in [1.165, 1.54) is 11.8 Å². The number of hydrogen-bond acceptors (Lipinski definition) is 6. The summed E-state index contributed by atoms with van der Waals surface area (Å²) in [5.41, 5.74) is 3.08. The maximum absolute atomic E-state index is 9.18. The molecule has 0 radical (unpaired) electrons. The molecule has 0 bridgehead atoms. The Balaban J connectivity index is 1.86. The second-order valence-electron chi connectivity index (χ2n) is 5.86. The van der Waals surface area contributed by atoms with Crippen LogP contribution in [0.15, 0.2) is 71.1 Å². The third kappa shape index (κ3) is 3.48. The minimum absolute atomic E-state index is 0.182. The van der Waals surface area contributed by atoms with Gasteiger partial charge in [-0.2, -0.15) is 5.26 Å². The molecule has 6 nitrogen and oxygen atoms in total. The first-order valence-electron chi connectivity index (χ1n) is 8.33. The highest BCUT2D eigenvalue weighted by atomic mass is 35.5. The second kappa shape index (κ2) is 7.80. The molecule has 0 spiro atoms. The molecule has 0 unspecified atom stereocenters. The van der Waals surface area contributed by atoms with E-state index in [1.54, 1.807) is 24.5 Å². The van der Waals surface area contributed by atoms with Crippen LogP contribution in [0.5, 0.6) is 0 Å². The van der Waals surface area contributed by atoms with Gasteiger partial charge in [0.05, 0.1) is 10.7 Å². The Morgan fingerprint density at radius 1 is 1.07 bits per heavy atom. The molecule has 4 rings (SSSR count). The normalized spacial score (nSPS) is 10.6. The summed E-state index contributed by atoms with van der Waals surface area (Å²) in [5, 5.41) is 19.5. The molecule has 8 heteroatoms. The zero-order valence-electron chi connectivity index (χ0n) is 14.7. The van der Waals surface area contributed by atoms with E-state index in [0.717, 1.165) is 16.8 Å². The Labute approximate surface area is 170 Å². The smallest absolute Gasteiger partial charge is 0.202 e. The number of para-hydroxylation sites is 1. The van der Waals surface area contributed by atoms with Gasteiger partial charge in [0, 0.05) is 18.0 Å². The van der Waals surface area contributed by atoms with Crippen LogP contribution in [0, 0.1) is 18.3 Å². The van der Waals surface area contributed by atoms with E-state index >= 15 is 0 Å². The fraction of sp³-hybridized carbons (Fsp3) is 0.0500. The van der Waals surface area contributed by atoms with E-state index in [4.69, 9.17) is 11.6 Å². The highest BCUT2D eigenvalue weighted by Crippen LogP contribution is 2.33. The van der Waals surface area contributed by atoms with Crippen LogP contribution in [0.25, 0.3) is 17.1 Å². The van der Waals surface area contributed by atoms with E-state index in [0.29, 0.717) is 21.0 Å².